The van der Waals surface area contributed by atoms with Crippen LogP contribution in [0.4, 0.5) is 11.5 Å². The molecule has 4 unspecified atom stereocenters. The summed E-state index contributed by atoms with van der Waals surface area (Å²) in [6, 6.07) is 16.7. The Hall–Kier alpha value is -5.52. The molecule has 4 aliphatic rings. The number of benzene rings is 3. The van der Waals surface area contributed by atoms with Crippen molar-refractivity contribution < 1.29 is 65.5 Å². The number of phosphoric acid groups is 3. The van der Waals surface area contributed by atoms with E-state index in [2.05, 4.69) is 124 Å². The number of aromatic nitrogens is 2. The van der Waals surface area contributed by atoms with Crippen molar-refractivity contribution in [3.8, 4) is 23.3 Å². The third kappa shape index (κ3) is 12.7. The van der Waals surface area contributed by atoms with E-state index in [1.54, 1.807) is 11.9 Å². The first-order chi connectivity index (χ1) is 36.5. The maximum atomic E-state index is 14.7. The van der Waals surface area contributed by atoms with Crippen molar-refractivity contribution in [2.45, 2.75) is 129 Å². The minimum absolute atomic E-state index is 0.0542. The minimum atomic E-state index is -5.71. The van der Waals surface area contributed by atoms with Crippen LogP contribution >= 0.6 is 23.5 Å². The SMILES string of the molecule is CCN1c2cc3c(cc2C(C)CC1(C)C)C(c1ccccc1C(=O)N(C)CCCC(=O)NCC#Cc1cn([C@H]2CC[C@@H](COP(=O)(O)OP(=O)(O)OP(=O)(O)O)O2)c(=O)nc1N)=c1cc2c(cc1O3)=[N+](CC)C(C)(C)CC2C. The van der Waals surface area contributed by atoms with Gasteiger partial charge in [0.2, 0.25) is 11.3 Å². The van der Waals surface area contributed by atoms with Crippen LogP contribution in [0.1, 0.15) is 150 Å². The summed E-state index contributed by atoms with van der Waals surface area (Å²) in [4.78, 5) is 85.1. The number of amides is 2. The minimum Gasteiger partial charge on any atom is -0.456 e. The molecule has 78 heavy (non-hydrogen) atoms. The largest absolute Gasteiger partial charge is 0.490 e. The highest BCUT2D eigenvalue weighted by Crippen LogP contribution is 2.66. The Kier molecular flexibility index (Phi) is 16.9. The standard InChI is InChI=1S/C53H68N7O15P3/c1-10-59-42-26-44-40(24-38(42)32(3)28-52(59,5)6)48(41-25-39-33(4)29-53(7,8)60(11-2)43(39)27-45(41)73-44)36-17-12-13-18-37(36)50(62)57(9)23-15-19-46(61)55-22-14-16-34-30-58(51(63)56-49(34)54)47-21-20-35(72-47)31-71-77(67,68)75-78(69,70)74-76(64,65)66/h12-13,17-18,24-27,30,32-33,35,47H,10-11,15,19-23,28-29,31H2,1-9H3,(H6-,54,55,56,61,63,64,65,66,67,68,69,70)/p+1/t32?,33?,35-,47+/m0/s1. The number of ether oxygens (including phenoxy) is 2. The number of nitrogens with zero attached hydrogens (tertiary/aromatic N) is 5. The van der Waals surface area contributed by atoms with Crippen LogP contribution in [-0.2, 0) is 36.4 Å². The van der Waals surface area contributed by atoms with Crippen molar-refractivity contribution in [2.75, 3.05) is 50.5 Å². The van der Waals surface area contributed by atoms with Gasteiger partial charge in [0.25, 0.3) is 5.91 Å². The van der Waals surface area contributed by atoms with Gasteiger partial charge in [-0.05, 0) is 108 Å². The predicted octanol–water partition coefficient (Wildman–Crippen LogP) is 6.13. The van der Waals surface area contributed by atoms with Gasteiger partial charge in [-0.1, -0.05) is 43.9 Å². The molecule has 5 heterocycles. The van der Waals surface area contributed by atoms with Gasteiger partial charge in [0, 0.05) is 84.0 Å². The van der Waals surface area contributed by atoms with Crippen LogP contribution in [0.2, 0.25) is 0 Å². The summed E-state index contributed by atoms with van der Waals surface area (Å²) in [5.41, 5.74) is 12.1. The first-order valence-corrected chi connectivity index (χ1v) is 30.4. The topological polar surface area (TPSA) is 295 Å². The Morgan fingerprint density at radius 3 is 2.37 bits per heavy atom. The van der Waals surface area contributed by atoms with Crippen LogP contribution in [0.15, 0.2) is 59.5 Å². The molecule has 1 aromatic heterocycles. The van der Waals surface area contributed by atoms with Crippen molar-refractivity contribution in [1.29, 1.82) is 0 Å². The second kappa shape index (κ2) is 22.6. The fraction of sp³-hybridized carbons (Fsp3) is 0.491. The van der Waals surface area contributed by atoms with Crippen molar-refractivity contribution in [3.63, 3.8) is 0 Å². The average Bonchev–Trinajstić information content (AvgIpc) is 3.48. The van der Waals surface area contributed by atoms with Gasteiger partial charge in [-0.15, -0.1) is 0 Å². The molecule has 2 amide bonds. The lowest BCUT2D eigenvalue weighted by atomic mass is 9.77. The van der Waals surface area contributed by atoms with Crippen LogP contribution in [0.5, 0.6) is 11.5 Å². The van der Waals surface area contributed by atoms with Crippen molar-refractivity contribution in [1.82, 2.24) is 24.3 Å². The molecule has 0 saturated carbocycles. The number of phosphoric ester groups is 1. The molecule has 4 aliphatic heterocycles. The van der Waals surface area contributed by atoms with Crippen LogP contribution in [-0.4, -0.2) is 103 Å². The Morgan fingerprint density at radius 1 is 0.949 bits per heavy atom. The number of nitrogen functional groups attached to an aromatic ring is 1. The number of nitrogens with one attached hydrogen (secondary N) is 1. The molecule has 22 nitrogen and oxygen atoms in total. The Labute approximate surface area is 452 Å². The van der Waals surface area contributed by atoms with Gasteiger partial charge < -0.3 is 49.9 Å². The number of nitrogens with two attached hydrogens (primary N) is 1. The number of carbonyl (C=O) groups is 2. The number of anilines is 2. The zero-order chi connectivity index (χ0) is 56.9. The van der Waals surface area contributed by atoms with E-state index in [4.69, 9.17) is 25.0 Å². The fourth-order valence-electron chi connectivity index (χ4n) is 11.7. The molecule has 3 aromatic carbocycles. The summed E-state index contributed by atoms with van der Waals surface area (Å²) in [6.07, 6.45) is 2.16. The first kappa shape index (κ1) is 58.6. The van der Waals surface area contributed by atoms with Crippen LogP contribution < -0.4 is 41.5 Å². The number of rotatable bonds is 17. The Balaban J connectivity index is 0.948. The van der Waals surface area contributed by atoms with E-state index in [0.29, 0.717) is 12.0 Å². The molecule has 1 saturated heterocycles. The zero-order valence-corrected chi connectivity index (χ0v) is 47.9. The van der Waals surface area contributed by atoms with E-state index in [-0.39, 0.29) is 78.5 Å². The van der Waals surface area contributed by atoms with Crippen molar-refractivity contribution in [2.24, 2.45) is 0 Å². The first-order valence-electron chi connectivity index (χ1n) is 25.9. The molecule has 8 rings (SSSR count). The molecular weight excluding hydrogens is 1070 g/mol. The van der Waals surface area contributed by atoms with Gasteiger partial charge in [0.1, 0.15) is 30.1 Å². The Morgan fingerprint density at radius 2 is 1.67 bits per heavy atom. The maximum Gasteiger partial charge on any atom is 0.490 e. The second-order valence-electron chi connectivity index (χ2n) is 21.5. The molecule has 0 bridgehead atoms. The average molecular weight is 1140 g/mol. The summed E-state index contributed by atoms with van der Waals surface area (Å²) in [5.74, 6) is 6.96. The summed E-state index contributed by atoms with van der Waals surface area (Å²) in [7, 11) is -14.9. The molecule has 1 fully saturated rings. The quantitative estimate of drug-likeness (QED) is 0.0347. The highest BCUT2D eigenvalue weighted by Gasteiger charge is 2.43. The molecule has 420 valence electrons. The lowest BCUT2D eigenvalue weighted by Gasteiger charge is -2.47. The summed E-state index contributed by atoms with van der Waals surface area (Å²) >= 11 is 0. The van der Waals surface area contributed by atoms with Crippen LogP contribution in [0.3, 0.4) is 0 Å². The maximum absolute atomic E-state index is 14.7. The van der Waals surface area contributed by atoms with E-state index in [1.165, 1.54) is 17.3 Å². The van der Waals surface area contributed by atoms with Crippen molar-refractivity contribution in [3.05, 3.63) is 109 Å². The van der Waals surface area contributed by atoms with Gasteiger partial charge in [0.15, 0.2) is 5.54 Å². The third-order valence-corrected chi connectivity index (χ3v) is 18.7. The molecular formula is C53H69N7O15P3+. The van der Waals surface area contributed by atoms with E-state index >= 15 is 0 Å². The molecule has 0 spiro atoms. The van der Waals surface area contributed by atoms with Crippen LogP contribution in [0, 0.1) is 11.8 Å². The normalized spacial score (nSPS) is 21.6. The van der Waals surface area contributed by atoms with Gasteiger partial charge in [-0.2, -0.15) is 13.6 Å². The second-order valence-corrected chi connectivity index (χ2v) is 25.9. The van der Waals surface area contributed by atoms with E-state index < -0.39 is 48.1 Å². The lowest BCUT2D eigenvalue weighted by molar-refractivity contribution is -0.121. The number of carbonyl (C=O) groups excluding carboxylic acids is 2. The molecule has 6 atom stereocenters. The fourth-order valence-corrected chi connectivity index (χ4v) is 14.7. The zero-order valence-electron chi connectivity index (χ0n) is 45.2. The number of hydrogen-bond acceptors (Lipinski definition) is 14. The van der Waals surface area contributed by atoms with E-state index in [9.17, 15) is 37.9 Å². The molecule has 4 aromatic rings. The monoisotopic (exact) mass is 1140 g/mol. The summed E-state index contributed by atoms with van der Waals surface area (Å²) in [5, 5.41) is 4.85. The van der Waals surface area contributed by atoms with Gasteiger partial charge in [0.05, 0.1) is 30.9 Å². The molecule has 0 radical (unpaired) electrons. The highest BCUT2D eigenvalue weighted by atomic mass is 31.3. The van der Waals surface area contributed by atoms with Gasteiger partial charge >= 0.3 is 29.2 Å². The molecule has 0 aliphatic carbocycles. The van der Waals surface area contributed by atoms with Crippen molar-refractivity contribution >= 4 is 52.4 Å². The van der Waals surface area contributed by atoms with Crippen LogP contribution in [0.25, 0.3) is 5.57 Å². The molecule has 25 heteroatoms. The van der Waals surface area contributed by atoms with Gasteiger partial charge in [-0.25, -0.2) is 23.1 Å². The van der Waals surface area contributed by atoms with E-state index in [1.807, 2.05) is 24.3 Å². The van der Waals surface area contributed by atoms with E-state index in [0.717, 1.165) is 75.0 Å². The summed E-state index contributed by atoms with van der Waals surface area (Å²) < 4.78 is 63.1. The smallest absolute Gasteiger partial charge is 0.456 e. The number of hydrogen-bond donors (Lipinski definition) is 6. The molecule has 7 N–H and O–H groups in total. The number of fused-ring (bicyclic) bond motifs is 4. The summed E-state index contributed by atoms with van der Waals surface area (Å²) in [6.45, 7) is 19.3. The predicted molar refractivity (Wildman–Crippen MR) is 291 cm³/mol. The highest BCUT2D eigenvalue weighted by molar-refractivity contribution is 7.66. The third-order valence-electron chi connectivity index (χ3n) is 14.8. The van der Waals surface area contributed by atoms with Gasteiger partial charge in [-0.3, -0.25) is 18.7 Å². The lowest BCUT2D eigenvalue weighted by Crippen LogP contribution is -2.52. The Bertz CT molecular complexity index is 3460.